The molecule has 0 radical (unpaired) electrons. The van der Waals surface area contributed by atoms with Crippen LogP contribution in [-0.2, 0) is 14.3 Å². The van der Waals surface area contributed by atoms with Crippen molar-refractivity contribution in [2.24, 2.45) is 0 Å². The van der Waals surface area contributed by atoms with Crippen molar-refractivity contribution in [2.75, 3.05) is 31.8 Å². The summed E-state index contributed by atoms with van der Waals surface area (Å²) in [6.45, 7) is 3.57. The minimum atomic E-state index is -0.776. The molecule has 0 saturated carbocycles. The Bertz CT molecular complexity index is 1070. The van der Waals surface area contributed by atoms with Crippen LogP contribution in [0.3, 0.4) is 0 Å². The lowest BCUT2D eigenvalue weighted by Gasteiger charge is -2.17. The lowest BCUT2D eigenvalue weighted by molar-refractivity contribution is -0.145. The van der Waals surface area contributed by atoms with Crippen molar-refractivity contribution in [3.8, 4) is 5.75 Å². The molecule has 10 nitrogen and oxygen atoms in total. The molecule has 2 rings (SSSR count). The van der Waals surface area contributed by atoms with Crippen molar-refractivity contribution in [2.45, 2.75) is 19.9 Å². The molecule has 0 aromatic heterocycles. The van der Waals surface area contributed by atoms with Crippen LogP contribution in [0.5, 0.6) is 5.75 Å². The maximum absolute atomic E-state index is 13.0. The zero-order valence-electron chi connectivity index (χ0n) is 20.3. The number of rotatable bonds is 12. The number of alkyl carbamates (subject to hydrolysis) is 1. The lowest BCUT2D eigenvalue weighted by atomic mass is 10.0. The monoisotopic (exact) mass is 515 g/mol. The molecule has 0 aliphatic rings. The number of hydrogen-bond donors (Lipinski definition) is 3. The van der Waals surface area contributed by atoms with Crippen LogP contribution in [0.15, 0.2) is 48.5 Å². The standard InChI is InChI=1S/C25H29N3O7S/c1-4-33-21(29)14-35-19-12-10-16(11-13-19)22(30)20(15-36-3)27-24(31)18-8-6-17(7-9-18)23(26)28-25(32)34-5-2/h6-13,20H,4-5,14-15H2,1-3H3,(H,27,31)(H2,26,28,32). The number of ether oxygens (including phenoxy) is 3. The van der Waals surface area contributed by atoms with E-state index in [1.54, 1.807) is 38.1 Å². The molecule has 0 heterocycles. The van der Waals surface area contributed by atoms with Crippen LogP contribution >= 0.6 is 11.8 Å². The van der Waals surface area contributed by atoms with E-state index in [2.05, 4.69) is 10.6 Å². The first-order valence-corrected chi connectivity index (χ1v) is 12.5. The largest absolute Gasteiger partial charge is 0.482 e. The Kier molecular flexibility index (Phi) is 11.4. The fourth-order valence-electron chi connectivity index (χ4n) is 2.98. The Morgan fingerprint density at radius 1 is 0.889 bits per heavy atom. The fourth-order valence-corrected chi connectivity index (χ4v) is 3.55. The van der Waals surface area contributed by atoms with Gasteiger partial charge < -0.3 is 19.5 Å². The van der Waals surface area contributed by atoms with Gasteiger partial charge in [-0.05, 0) is 56.5 Å². The molecular formula is C25H29N3O7S. The number of amides is 2. The Balaban J connectivity index is 2.02. The minimum absolute atomic E-state index is 0.162. The summed E-state index contributed by atoms with van der Waals surface area (Å²) in [4.78, 5) is 48.7. The highest BCUT2D eigenvalue weighted by molar-refractivity contribution is 7.98. The number of amidine groups is 1. The Hall–Kier alpha value is -3.86. The molecule has 36 heavy (non-hydrogen) atoms. The van der Waals surface area contributed by atoms with Crippen LogP contribution in [0, 0.1) is 5.41 Å². The highest BCUT2D eigenvalue weighted by Crippen LogP contribution is 2.15. The average Bonchev–Trinajstić information content (AvgIpc) is 2.87. The maximum Gasteiger partial charge on any atom is 0.412 e. The van der Waals surface area contributed by atoms with Crippen molar-refractivity contribution in [1.82, 2.24) is 10.6 Å². The predicted molar refractivity (Wildman–Crippen MR) is 136 cm³/mol. The summed E-state index contributed by atoms with van der Waals surface area (Å²) in [5.74, 6) is -0.600. The molecule has 0 fully saturated rings. The molecule has 0 bridgehead atoms. The quantitative estimate of drug-likeness (QED) is 0.169. The molecule has 0 spiro atoms. The van der Waals surface area contributed by atoms with Crippen LogP contribution in [0.1, 0.15) is 40.1 Å². The predicted octanol–water partition coefficient (Wildman–Crippen LogP) is 3.04. The highest BCUT2D eigenvalue weighted by atomic mass is 32.2. The Morgan fingerprint density at radius 2 is 1.47 bits per heavy atom. The van der Waals surface area contributed by atoms with E-state index in [1.807, 2.05) is 6.26 Å². The Morgan fingerprint density at radius 3 is 2.06 bits per heavy atom. The summed E-state index contributed by atoms with van der Waals surface area (Å²) >= 11 is 1.41. The first kappa shape index (κ1) is 28.4. The van der Waals surface area contributed by atoms with Crippen molar-refractivity contribution < 1.29 is 33.4 Å². The number of thioether (sulfide) groups is 1. The summed E-state index contributed by atoms with van der Waals surface area (Å²) in [5.41, 5.74) is 1.07. The van der Waals surface area contributed by atoms with Gasteiger partial charge in [0.15, 0.2) is 12.4 Å². The summed E-state index contributed by atoms with van der Waals surface area (Å²) in [6, 6.07) is 11.5. The molecule has 2 aromatic rings. The molecule has 192 valence electrons. The van der Waals surface area contributed by atoms with Gasteiger partial charge in [-0.15, -0.1) is 0 Å². The van der Waals surface area contributed by atoms with E-state index >= 15 is 0 Å². The maximum atomic E-state index is 13.0. The second-order valence-corrected chi connectivity index (χ2v) is 8.17. The number of carbonyl (C=O) groups excluding carboxylic acids is 4. The van der Waals surface area contributed by atoms with Gasteiger partial charge in [0.2, 0.25) is 0 Å². The second kappa shape index (κ2) is 14.5. The van der Waals surface area contributed by atoms with Gasteiger partial charge in [-0.1, -0.05) is 12.1 Å². The summed E-state index contributed by atoms with van der Waals surface area (Å²) < 4.78 is 14.9. The second-order valence-electron chi connectivity index (χ2n) is 7.26. The number of ketones is 1. The van der Waals surface area contributed by atoms with Gasteiger partial charge in [-0.2, -0.15) is 11.8 Å². The number of benzene rings is 2. The third-order valence-electron chi connectivity index (χ3n) is 4.69. The highest BCUT2D eigenvalue weighted by Gasteiger charge is 2.23. The summed E-state index contributed by atoms with van der Waals surface area (Å²) in [7, 11) is 0. The molecule has 1 unspecified atom stereocenters. The molecule has 2 aromatic carbocycles. The minimum Gasteiger partial charge on any atom is -0.482 e. The van der Waals surface area contributed by atoms with Gasteiger partial charge in [0, 0.05) is 22.4 Å². The molecule has 1 atom stereocenters. The smallest absolute Gasteiger partial charge is 0.412 e. The first-order valence-electron chi connectivity index (χ1n) is 11.1. The fraction of sp³-hybridized carbons (Fsp3) is 0.320. The molecular weight excluding hydrogens is 486 g/mol. The van der Waals surface area contributed by atoms with Crippen molar-refractivity contribution in [1.29, 1.82) is 5.41 Å². The zero-order valence-corrected chi connectivity index (χ0v) is 21.1. The molecule has 0 aliphatic heterocycles. The molecule has 11 heteroatoms. The molecule has 3 N–H and O–H groups in total. The van der Waals surface area contributed by atoms with Gasteiger partial charge in [0.05, 0.1) is 13.2 Å². The van der Waals surface area contributed by atoms with Crippen molar-refractivity contribution in [3.05, 3.63) is 65.2 Å². The van der Waals surface area contributed by atoms with Crippen LogP contribution < -0.4 is 15.4 Å². The SMILES string of the molecule is CCOC(=O)COc1ccc(C(=O)C(CSC)NC(=O)c2ccc(C(=N)NC(=O)OCC)cc2)cc1. The van der Waals surface area contributed by atoms with Crippen LogP contribution in [0.4, 0.5) is 4.79 Å². The van der Waals surface area contributed by atoms with E-state index in [-0.39, 0.29) is 31.4 Å². The van der Waals surface area contributed by atoms with Crippen LogP contribution in [0.2, 0.25) is 0 Å². The molecule has 0 aliphatic carbocycles. The van der Waals surface area contributed by atoms with Gasteiger partial charge in [0.1, 0.15) is 17.6 Å². The first-order chi connectivity index (χ1) is 17.3. The number of nitrogens with one attached hydrogen (secondary N) is 3. The van der Waals surface area contributed by atoms with E-state index in [0.717, 1.165) is 0 Å². The summed E-state index contributed by atoms with van der Waals surface area (Å²) in [6.07, 6.45) is 1.09. The van der Waals surface area contributed by atoms with Crippen molar-refractivity contribution >= 4 is 41.4 Å². The van der Waals surface area contributed by atoms with Gasteiger partial charge in [0.25, 0.3) is 5.91 Å². The lowest BCUT2D eigenvalue weighted by Crippen LogP contribution is -2.42. The number of hydrogen-bond acceptors (Lipinski definition) is 9. The van der Waals surface area contributed by atoms with Crippen LogP contribution in [-0.4, -0.2) is 67.5 Å². The van der Waals surface area contributed by atoms with Gasteiger partial charge in [-0.25, -0.2) is 9.59 Å². The normalized spacial score (nSPS) is 11.1. The van der Waals surface area contributed by atoms with Crippen LogP contribution in [0.25, 0.3) is 0 Å². The number of Topliss-reactive ketones (excluding diaryl/α,β-unsaturated/α-hetero) is 1. The molecule has 2 amide bonds. The van der Waals surface area contributed by atoms with Gasteiger partial charge >= 0.3 is 12.1 Å². The van der Waals surface area contributed by atoms with Crippen molar-refractivity contribution in [3.63, 3.8) is 0 Å². The average molecular weight is 516 g/mol. The Labute approximate surface area is 213 Å². The number of esters is 1. The van der Waals surface area contributed by atoms with E-state index in [1.165, 1.54) is 36.0 Å². The third-order valence-corrected chi connectivity index (χ3v) is 5.36. The van der Waals surface area contributed by atoms with Gasteiger partial charge in [-0.3, -0.25) is 20.3 Å². The third kappa shape index (κ3) is 8.73. The molecule has 0 saturated heterocycles. The number of carbonyl (C=O) groups is 4. The topological polar surface area (TPSA) is 144 Å². The van der Waals surface area contributed by atoms with E-state index < -0.39 is 24.0 Å². The summed E-state index contributed by atoms with van der Waals surface area (Å²) in [5, 5.41) is 13.0. The van der Waals surface area contributed by atoms with E-state index in [0.29, 0.717) is 28.2 Å². The van der Waals surface area contributed by atoms with E-state index in [4.69, 9.17) is 19.6 Å². The zero-order chi connectivity index (χ0) is 26.5. The van der Waals surface area contributed by atoms with E-state index in [9.17, 15) is 19.2 Å².